The zero-order valence-corrected chi connectivity index (χ0v) is 32.2. The van der Waals surface area contributed by atoms with Crippen LogP contribution in [0.15, 0.2) is 79.3 Å². The van der Waals surface area contributed by atoms with Gasteiger partial charge in [-0.15, -0.1) is 0 Å². The van der Waals surface area contributed by atoms with Crippen molar-refractivity contribution >= 4 is 40.3 Å². The average Bonchev–Trinajstić information content (AvgIpc) is 4.02. The third kappa shape index (κ3) is 7.13. The molecule has 1 saturated carbocycles. The molecular weight excluding hydrogens is 735 g/mol. The van der Waals surface area contributed by atoms with Crippen LogP contribution in [0.3, 0.4) is 0 Å². The van der Waals surface area contributed by atoms with Gasteiger partial charge in [0.15, 0.2) is 5.65 Å². The molecule has 1 aliphatic carbocycles. The molecule has 0 radical (unpaired) electrons. The third-order valence-corrected chi connectivity index (χ3v) is 12.9. The monoisotopic (exact) mass is 781 g/mol. The van der Waals surface area contributed by atoms with E-state index in [1.54, 1.807) is 18.6 Å². The van der Waals surface area contributed by atoms with Crippen LogP contribution in [0.1, 0.15) is 48.6 Å². The molecule has 4 saturated heterocycles. The van der Waals surface area contributed by atoms with Crippen molar-refractivity contribution < 1.29 is 19.1 Å². The van der Waals surface area contributed by atoms with Gasteiger partial charge in [0, 0.05) is 63.8 Å². The molecule has 0 bridgehead atoms. The second-order valence-electron chi connectivity index (χ2n) is 16.6. The van der Waals surface area contributed by atoms with Crippen molar-refractivity contribution in [2.75, 3.05) is 56.4 Å². The number of hydrogen-bond acceptors (Lipinski definition) is 12. The number of nitrogens with zero attached hydrogens (tertiary/aromatic N) is 8. The molecule has 58 heavy (non-hydrogen) atoms. The van der Waals surface area contributed by atoms with Crippen molar-refractivity contribution in [2.45, 2.75) is 50.2 Å². The number of fused-ring (bicyclic) bond motifs is 2. The number of amides is 3. The quantitative estimate of drug-likeness (QED) is 0.175. The maximum absolute atomic E-state index is 12.7. The molecular formula is C43H47N11O4. The molecule has 5 aromatic rings. The summed E-state index contributed by atoms with van der Waals surface area (Å²) in [5.41, 5.74) is 10.3. The molecule has 5 aliphatic rings. The number of piperidine rings is 1. The Morgan fingerprint density at radius 3 is 2.38 bits per heavy atom. The largest absolute Gasteiger partial charge is 0.457 e. The van der Waals surface area contributed by atoms with Gasteiger partial charge in [-0.1, -0.05) is 18.2 Å². The highest BCUT2D eigenvalue weighted by Gasteiger charge is 2.46. The molecule has 3 aromatic heterocycles. The zero-order valence-electron chi connectivity index (χ0n) is 32.2. The number of ether oxygens (including phenoxy) is 1. The van der Waals surface area contributed by atoms with E-state index >= 15 is 0 Å². The number of anilines is 2. The van der Waals surface area contributed by atoms with Gasteiger partial charge in [0.25, 0.3) is 5.91 Å². The van der Waals surface area contributed by atoms with Crippen LogP contribution in [0.5, 0.6) is 11.5 Å². The number of nitrogens with two attached hydrogens (primary N) is 1. The number of likely N-dealkylation sites (tertiary alicyclic amines) is 2. The van der Waals surface area contributed by atoms with E-state index in [4.69, 9.17) is 20.6 Å². The lowest BCUT2D eigenvalue weighted by Crippen LogP contribution is -2.59. The van der Waals surface area contributed by atoms with Crippen LogP contribution in [0.2, 0.25) is 0 Å². The maximum atomic E-state index is 12.7. The highest BCUT2D eigenvalue weighted by molar-refractivity contribution is 6.03. The summed E-state index contributed by atoms with van der Waals surface area (Å²) >= 11 is 0. The number of benzene rings is 2. The first-order chi connectivity index (χ1) is 28.3. The number of nitrogen functional groups attached to an aromatic ring is 1. The Morgan fingerprint density at radius 1 is 0.862 bits per heavy atom. The van der Waals surface area contributed by atoms with E-state index in [0.717, 1.165) is 105 Å². The van der Waals surface area contributed by atoms with Gasteiger partial charge in [-0.05, 0) is 92.0 Å². The minimum absolute atomic E-state index is 0.210. The Morgan fingerprint density at radius 2 is 1.64 bits per heavy atom. The number of hydrogen-bond donors (Lipinski definition) is 3. The highest BCUT2D eigenvalue weighted by Crippen LogP contribution is 2.46. The van der Waals surface area contributed by atoms with Crippen molar-refractivity contribution in [1.82, 2.24) is 45.2 Å². The number of carbonyl (C=O) groups excluding carboxylic acids is 3. The Labute approximate surface area is 336 Å². The van der Waals surface area contributed by atoms with Gasteiger partial charge in [-0.2, -0.15) is 5.10 Å². The van der Waals surface area contributed by atoms with Crippen LogP contribution in [0.25, 0.3) is 22.3 Å². The van der Waals surface area contributed by atoms with Gasteiger partial charge < -0.3 is 20.7 Å². The second kappa shape index (κ2) is 15.1. The molecule has 3 amide bonds. The van der Waals surface area contributed by atoms with Gasteiger partial charge in [-0.25, -0.2) is 19.6 Å². The Bertz CT molecular complexity index is 2320. The molecule has 0 spiro atoms. The van der Waals surface area contributed by atoms with Gasteiger partial charge in [0.2, 0.25) is 11.8 Å². The molecule has 4 atom stereocenters. The van der Waals surface area contributed by atoms with Gasteiger partial charge >= 0.3 is 0 Å². The molecule has 2 aromatic carbocycles. The summed E-state index contributed by atoms with van der Waals surface area (Å²) in [6.45, 7) is 7.54. The van der Waals surface area contributed by atoms with E-state index in [9.17, 15) is 14.4 Å². The first kappa shape index (κ1) is 36.4. The number of rotatable bonds is 10. The molecule has 4 aliphatic heterocycles. The summed E-state index contributed by atoms with van der Waals surface area (Å²) in [5, 5.41) is 10.9. The summed E-state index contributed by atoms with van der Waals surface area (Å²) in [4.78, 5) is 57.3. The molecule has 298 valence electrons. The van der Waals surface area contributed by atoms with E-state index in [0.29, 0.717) is 36.0 Å². The number of nitrogens with one attached hydrogen (secondary N) is 2. The second-order valence-corrected chi connectivity index (χ2v) is 16.6. The van der Waals surface area contributed by atoms with Crippen LogP contribution < -0.4 is 26.0 Å². The predicted octanol–water partition coefficient (Wildman–Crippen LogP) is 3.89. The maximum Gasteiger partial charge on any atom is 0.270 e. The van der Waals surface area contributed by atoms with Crippen LogP contribution in [-0.4, -0.2) is 110 Å². The van der Waals surface area contributed by atoms with Gasteiger partial charge in [0.1, 0.15) is 41.1 Å². The lowest BCUT2D eigenvalue weighted by Gasteiger charge is -2.45. The fraction of sp³-hybridized carbons (Fsp3) is 0.419. The van der Waals surface area contributed by atoms with Crippen molar-refractivity contribution in [3.8, 4) is 22.8 Å². The summed E-state index contributed by atoms with van der Waals surface area (Å²) in [7, 11) is 0. The lowest BCUT2D eigenvalue weighted by molar-refractivity contribution is -0.134. The van der Waals surface area contributed by atoms with Crippen LogP contribution in [-0.2, 0) is 9.59 Å². The summed E-state index contributed by atoms with van der Waals surface area (Å²) in [5.74, 6) is 2.67. The number of para-hydroxylation sites is 1. The molecule has 15 nitrogen and oxygen atoms in total. The van der Waals surface area contributed by atoms with Crippen LogP contribution in [0.4, 0.5) is 11.5 Å². The standard InChI is InChI=1S/C43H47N11O4/c44-40-38-39(27-6-9-34(10-7-27)58-33-4-2-1-3-5-33)50-54(41(38)47-25-46-40)31-16-28-21-53(22-29(28)17-31)32-23-51(24-32)19-26-14-15-52(20-26)30-8-11-35(45-18-30)42(56)48-36-12-13-37(55)49-43(36)57/h1-11,18,25-26,28-29,31-32,36H,12-17,19-24H2,(H,48,56)(H2,44,46,47)(H,49,55,57). The van der Waals surface area contributed by atoms with Crippen LogP contribution in [0, 0.1) is 17.8 Å². The Kier molecular flexibility index (Phi) is 9.48. The molecule has 10 rings (SSSR count). The summed E-state index contributed by atoms with van der Waals surface area (Å²) < 4.78 is 8.15. The first-order valence-electron chi connectivity index (χ1n) is 20.5. The van der Waals surface area contributed by atoms with Crippen molar-refractivity contribution in [3.63, 3.8) is 0 Å². The zero-order chi connectivity index (χ0) is 39.3. The minimum atomic E-state index is -0.720. The van der Waals surface area contributed by atoms with Gasteiger partial charge in [-0.3, -0.25) is 29.5 Å². The number of aromatic nitrogens is 5. The smallest absolute Gasteiger partial charge is 0.270 e. The Balaban J connectivity index is 0.703. The fourth-order valence-corrected chi connectivity index (χ4v) is 9.83. The van der Waals surface area contributed by atoms with Gasteiger partial charge in [0.05, 0.1) is 23.3 Å². The van der Waals surface area contributed by atoms with Crippen LogP contribution >= 0.6 is 0 Å². The molecule has 4 unspecified atom stereocenters. The molecule has 4 N–H and O–H groups in total. The van der Waals surface area contributed by atoms with E-state index in [1.165, 1.54) is 0 Å². The van der Waals surface area contributed by atoms with E-state index in [1.807, 2.05) is 60.7 Å². The van der Waals surface area contributed by atoms with Crippen molar-refractivity contribution in [3.05, 3.63) is 84.9 Å². The van der Waals surface area contributed by atoms with Crippen molar-refractivity contribution in [1.29, 1.82) is 0 Å². The summed E-state index contributed by atoms with van der Waals surface area (Å²) in [6, 6.07) is 21.5. The third-order valence-electron chi connectivity index (χ3n) is 12.9. The summed E-state index contributed by atoms with van der Waals surface area (Å²) in [6.07, 6.45) is 7.09. The van der Waals surface area contributed by atoms with E-state index in [2.05, 4.69) is 40.0 Å². The topological polar surface area (TPSA) is 177 Å². The molecule has 7 heterocycles. The predicted molar refractivity (Wildman–Crippen MR) is 217 cm³/mol. The normalized spacial score (nSPS) is 25.2. The number of imide groups is 1. The SMILES string of the molecule is Nc1ncnc2c1c(-c1ccc(Oc3ccccc3)cc1)nn2C1CC2CN(C3CN(CC4CCN(c5ccc(C(=O)NC6CCC(=O)NC6=O)nc5)C4)C3)CC2C1. The highest BCUT2D eigenvalue weighted by atomic mass is 16.5. The van der Waals surface area contributed by atoms with E-state index < -0.39 is 17.9 Å². The Hall–Kier alpha value is -5.93. The number of carbonyl (C=O) groups is 3. The average molecular weight is 782 g/mol. The first-order valence-corrected chi connectivity index (χ1v) is 20.5. The van der Waals surface area contributed by atoms with E-state index in [-0.39, 0.29) is 24.1 Å². The van der Waals surface area contributed by atoms with Crippen molar-refractivity contribution in [2.24, 2.45) is 17.8 Å². The fourth-order valence-electron chi connectivity index (χ4n) is 9.83. The lowest BCUT2D eigenvalue weighted by atomic mass is 10.0. The minimum Gasteiger partial charge on any atom is -0.457 e. The molecule has 5 fully saturated rings. The molecule has 15 heteroatoms. The number of pyridine rings is 1.